The van der Waals surface area contributed by atoms with Crippen LogP contribution in [-0.2, 0) is 6.54 Å². The van der Waals surface area contributed by atoms with E-state index in [2.05, 4.69) is 0 Å². The predicted molar refractivity (Wildman–Crippen MR) is 102 cm³/mol. The minimum atomic E-state index is -0.401. The molecule has 5 heteroatoms. The zero-order valence-corrected chi connectivity index (χ0v) is 15.4. The van der Waals surface area contributed by atoms with Crippen LogP contribution in [0.1, 0.15) is 18.1 Å². The number of likely N-dealkylation sites (N-methyl/N-ethyl adjacent to an activating group) is 1. The molecule has 0 fully saturated rings. The zero-order valence-electron chi connectivity index (χ0n) is 15.4. The molecule has 0 saturated heterocycles. The van der Waals surface area contributed by atoms with Crippen LogP contribution in [-0.4, -0.2) is 39.5 Å². The van der Waals surface area contributed by atoms with E-state index in [1.807, 2.05) is 54.0 Å². The molecule has 1 heterocycles. The number of aromatic nitrogens is 2. The third kappa shape index (κ3) is 4.36. The van der Waals surface area contributed by atoms with Crippen LogP contribution in [0.2, 0.25) is 0 Å². The molecule has 0 aliphatic heterocycles. The van der Waals surface area contributed by atoms with Crippen molar-refractivity contribution in [3.8, 4) is 16.9 Å². The van der Waals surface area contributed by atoms with Crippen molar-refractivity contribution in [2.75, 3.05) is 13.6 Å². The second kappa shape index (κ2) is 7.81. The lowest BCUT2D eigenvalue weighted by molar-refractivity contribution is 0.138. The molecule has 1 N–H and O–H groups in total. The first-order valence-corrected chi connectivity index (χ1v) is 8.70. The van der Waals surface area contributed by atoms with Crippen molar-refractivity contribution < 1.29 is 9.50 Å². The van der Waals surface area contributed by atoms with Crippen LogP contribution in [0.15, 0.2) is 54.7 Å². The number of hydrogen-bond acceptors (Lipinski definition) is 3. The van der Waals surface area contributed by atoms with E-state index in [9.17, 15) is 9.50 Å². The zero-order chi connectivity index (χ0) is 18.7. The van der Waals surface area contributed by atoms with Crippen molar-refractivity contribution in [2.45, 2.75) is 26.5 Å². The maximum Gasteiger partial charge on any atom is 0.123 e. The Labute approximate surface area is 153 Å². The fourth-order valence-corrected chi connectivity index (χ4v) is 3.01. The standard InChI is InChI=1S/C21H24FN3O/c1-15-4-10-20(11-5-15)25-14-18(13-24(3)12-16(2)26)21(23-25)17-6-8-19(22)9-7-17/h4-11,14,16,26H,12-13H2,1-3H3. The van der Waals surface area contributed by atoms with E-state index in [0.29, 0.717) is 13.1 Å². The van der Waals surface area contributed by atoms with Crippen LogP contribution in [0.25, 0.3) is 16.9 Å². The second-order valence-electron chi connectivity index (χ2n) is 6.84. The van der Waals surface area contributed by atoms with Gasteiger partial charge in [0.25, 0.3) is 0 Å². The molecule has 0 bridgehead atoms. The molecule has 0 spiro atoms. The first kappa shape index (κ1) is 18.3. The Morgan fingerprint density at radius 3 is 2.38 bits per heavy atom. The maximum atomic E-state index is 13.3. The van der Waals surface area contributed by atoms with E-state index in [-0.39, 0.29) is 5.82 Å². The van der Waals surface area contributed by atoms with Crippen molar-refractivity contribution in [1.29, 1.82) is 0 Å². The van der Waals surface area contributed by atoms with Gasteiger partial charge in [-0.3, -0.25) is 4.90 Å². The van der Waals surface area contributed by atoms with Gasteiger partial charge in [-0.2, -0.15) is 5.10 Å². The van der Waals surface area contributed by atoms with Gasteiger partial charge in [0, 0.05) is 30.4 Å². The first-order chi connectivity index (χ1) is 12.4. The molecule has 3 rings (SSSR count). The van der Waals surface area contributed by atoms with E-state index < -0.39 is 6.10 Å². The highest BCUT2D eigenvalue weighted by atomic mass is 19.1. The summed E-state index contributed by atoms with van der Waals surface area (Å²) in [5, 5.41) is 14.4. The largest absolute Gasteiger partial charge is 0.392 e. The lowest BCUT2D eigenvalue weighted by atomic mass is 10.1. The SMILES string of the molecule is Cc1ccc(-n2cc(CN(C)CC(C)O)c(-c3ccc(F)cc3)n2)cc1. The van der Waals surface area contributed by atoms with E-state index in [1.165, 1.54) is 17.7 Å². The fourth-order valence-electron chi connectivity index (χ4n) is 3.01. The summed E-state index contributed by atoms with van der Waals surface area (Å²) in [5.41, 5.74) is 4.89. The number of aliphatic hydroxyl groups excluding tert-OH is 1. The van der Waals surface area contributed by atoms with Crippen molar-refractivity contribution in [3.63, 3.8) is 0 Å². The maximum absolute atomic E-state index is 13.3. The van der Waals surface area contributed by atoms with Crippen LogP contribution in [0.4, 0.5) is 4.39 Å². The minimum absolute atomic E-state index is 0.264. The molecule has 1 unspecified atom stereocenters. The van der Waals surface area contributed by atoms with Gasteiger partial charge in [0.1, 0.15) is 5.82 Å². The monoisotopic (exact) mass is 353 g/mol. The molecule has 2 aromatic carbocycles. The van der Waals surface area contributed by atoms with Gasteiger partial charge in [0.2, 0.25) is 0 Å². The van der Waals surface area contributed by atoms with Crippen molar-refractivity contribution >= 4 is 0 Å². The number of aliphatic hydroxyl groups is 1. The molecule has 0 amide bonds. The van der Waals surface area contributed by atoms with Gasteiger partial charge in [0.15, 0.2) is 0 Å². The molecular weight excluding hydrogens is 329 g/mol. The third-order valence-electron chi connectivity index (χ3n) is 4.22. The Bertz CT molecular complexity index is 854. The smallest absolute Gasteiger partial charge is 0.123 e. The molecule has 0 aliphatic rings. The second-order valence-corrected chi connectivity index (χ2v) is 6.84. The number of aryl methyl sites for hydroxylation is 1. The summed E-state index contributed by atoms with van der Waals surface area (Å²) in [7, 11) is 1.96. The normalized spacial score (nSPS) is 12.5. The molecule has 3 aromatic rings. The Hall–Kier alpha value is -2.50. The van der Waals surface area contributed by atoms with Gasteiger partial charge in [-0.15, -0.1) is 0 Å². The molecule has 0 saturated carbocycles. The summed E-state index contributed by atoms with van der Waals surface area (Å²) < 4.78 is 15.2. The average molecular weight is 353 g/mol. The summed E-state index contributed by atoms with van der Waals surface area (Å²) in [4.78, 5) is 2.05. The Kier molecular flexibility index (Phi) is 5.49. The molecule has 0 radical (unpaired) electrons. The number of benzene rings is 2. The lowest BCUT2D eigenvalue weighted by Crippen LogP contribution is -2.26. The van der Waals surface area contributed by atoms with Crippen molar-refractivity contribution in [1.82, 2.24) is 14.7 Å². The highest BCUT2D eigenvalue weighted by molar-refractivity contribution is 5.63. The highest BCUT2D eigenvalue weighted by Gasteiger charge is 2.15. The number of hydrogen-bond donors (Lipinski definition) is 1. The minimum Gasteiger partial charge on any atom is -0.392 e. The molecule has 1 aromatic heterocycles. The van der Waals surface area contributed by atoms with E-state index in [4.69, 9.17) is 5.10 Å². The summed E-state index contributed by atoms with van der Waals surface area (Å²) in [6.45, 7) is 5.03. The molecule has 0 aliphatic carbocycles. The fraction of sp³-hybridized carbons (Fsp3) is 0.286. The molecule has 136 valence electrons. The molecule has 26 heavy (non-hydrogen) atoms. The molecular formula is C21H24FN3O. The Morgan fingerprint density at radius 1 is 1.12 bits per heavy atom. The predicted octanol–water partition coefficient (Wildman–Crippen LogP) is 3.80. The average Bonchev–Trinajstić information content (AvgIpc) is 2.99. The Morgan fingerprint density at radius 2 is 1.77 bits per heavy atom. The highest BCUT2D eigenvalue weighted by Crippen LogP contribution is 2.25. The van der Waals surface area contributed by atoms with Crippen molar-refractivity contribution in [3.05, 3.63) is 71.7 Å². The van der Waals surface area contributed by atoms with E-state index in [0.717, 1.165) is 22.5 Å². The summed E-state index contributed by atoms with van der Waals surface area (Å²) in [6, 6.07) is 14.5. The molecule has 4 nitrogen and oxygen atoms in total. The first-order valence-electron chi connectivity index (χ1n) is 8.70. The summed E-state index contributed by atoms with van der Waals surface area (Å²) >= 11 is 0. The number of halogens is 1. The van der Waals surface area contributed by atoms with Gasteiger partial charge >= 0.3 is 0 Å². The molecule has 1 atom stereocenters. The van der Waals surface area contributed by atoms with Crippen LogP contribution < -0.4 is 0 Å². The van der Waals surface area contributed by atoms with Gasteiger partial charge in [0.05, 0.1) is 17.5 Å². The summed E-state index contributed by atoms with van der Waals surface area (Å²) in [6.07, 6.45) is 1.60. The number of nitrogens with zero attached hydrogens (tertiary/aromatic N) is 3. The number of rotatable bonds is 6. The third-order valence-corrected chi connectivity index (χ3v) is 4.22. The van der Waals surface area contributed by atoms with Gasteiger partial charge in [-0.25, -0.2) is 9.07 Å². The van der Waals surface area contributed by atoms with E-state index in [1.54, 1.807) is 19.1 Å². The van der Waals surface area contributed by atoms with Crippen LogP contribution >= 0.6 is 0 Å². The lowest BCUT2D eigenvalue weighted by Gasteiger charge is -2.18. The van der Waals surface area contributed by atoms with Gasteiger partial charge < -0.3 is 5.11 Å². The van der Waals surface area contributed by atoms with Gasteiger partial charge in [-0.1, -0.05) is 17.7 Å². The van der Waals surface area contributed by atoms with Crippen LogP contribution in [0.5, 0.6) is 0 Å². The Balaban J connectivity index is 1.99. The van der Waals surface area contributed by atoms with E-state index >= 15 is 0 Å². The topological polar surface area (TPSA) is 41.3 Å². The summed E-state index contributed by atoms with van der Waals surface area (Å²) in [5.74, 6) is -0.264. The van der Waals surface area contributed by atoms with Gasteiger partial charge in [-0.05, 0) is 57.3 Å². The van der Waals surface area contributed by atoms with Crippen LogP contribution in [0.3, 0.4) is 0 Å². The quantitative estimate of drug-likeness (QED) is 0.733. The van der Waals surface area contributed by atoms with Crippen molar-refractivity contribution in [2.24, 2.45) is 0 Å². The van der Waals surface area contributed by atoms with Crippen LogP contribution in [0, 0.1) is 12.7 Å².